The number of benzene rings is 1. The van der Waals surface area contributed by atoms with Gasteiger partial charge in [-0.05, 0) is 17.5 Å². The Labute approximate surface area is 96.5 Å². The molecule has 0 amide bonds. The third-order valence-electron chi connectivity index (χ3n) is 1.46. The molecule has 60 valence electrons. The van der Waals surface area contributed by atoms with E-state index in [0.717, 1.165) is 0 Å². The topological polar surface area (TPSA) is 15.8 Å². The molecule has 0 radical (unpaired) electrons. The number of nitrogens with one attached hydrogen (secondary N) is 1. The van der Waals surface area contributed by atoms with Gasteiger partial charge >= 0.3 is 19.5 Å². The molecule has 2 rings (SSSR count). The Bertz CT molecular complexity index is 291. The molecule has 0 fully saturated rings. The Balaban J connectivity index is 0. The molecule has 0 saturated heterocycles. The van der Waals surface area contributed by atoms with Crippen LogP contribution in [0.25, 0.3) is 10.9 Å². The van der Waals surface area contributed by atoms with Gasteiger partial charge in [0.05, 0.1) is 0 Å². The third kappa shape index (κ3) is 2.78. The Morgan fingerprint density at radius 1 is 0.917 bits per heavy atom. The molecule has 12 heavy (non-hydrogen) atoms. The van der Waals surface area contributed by atoms with Crippen molar-refractivity contribution in [1.29, 1.82) is 0 Å². The maximum absolute atomic E-state index is 3.12. The predicted octanol–water partition coefficient (Wildman–Crippen LogP) is -3.83. The monoisotopic (exact) mass is 251 g/mol. The maximum Gasteiger partial charge on any atom is 2.00 e. The van der Waals surface area contributed by atoms with Crippen molar-refractivity contribution in [2.45, 2.75) is 0 Å². The average Bonchev–Trinajstić information content (AvgIpc) is 2.33. The summed E-state index contributed by atoms with van der Waals surface area (Å²) in [6.07, 6.45) is 1.95. The fourth-order valence-corrected chi connectivity index (χ4v) is 0.995. The van der Waals surface area contributed by atoms with Crippen molar-refractivity contribution in [1.82, 2.24) is 4.98 Å². The SMILES string of the molecule is [Cl-].[Cl-].[Zn+2].c1ccc2[nH]ccc2c1. The molecule has 0 aliphatic rings. The first-order chi connectivity index (χ1) is 4.47. The van der Waals surface area contributed by atoms with Crippen LogP contribution in [-0.4, -0.2) is 4.98 Å². The van der Waals surface area contributed by atoms with Crippen molar-refractivity contribution >= 4 is 10.9 Å². The van der Waals surface area contributed by atoms with Gasteiger partial charge in [-0.2, -0.15) is 0 Å². The van der Waals surface area contributed by atoms with Gasteiger partial charge in [-0.1, -0.05) is 18.2 Å². The van der Waals surface area contributed by atoms with Gasteiger partial charge in [0.1, 0.15) is 0 Å². The van der Waals surface area contributed by atoms with E-state index in [4.69, 9.17) is 0 Å². The van der Waals surface area contributed by atoms with Crippen molar-refractivity contribution in [3.63, 3.8) is 0 Å². The minimum atomic E-state index is 0. The van der Waals surface area contributed by atoms with E-state index in [9.17, 15) is 0 Å². The van der Waals surface area contributed by atoms with Crippen LogP contribution >= 0.6 is 0 Å². The number of halogens is 2. The normalized spacial score (nSPS) is 7.67. The molecule has 0 aliphatic carbocycles. The van der Waals surface area contributed by atoms with Crippen molar-refractivity contribution in [2.24, 2.45) is 0 Å². The van der Waals surface area contributed by atoms with E-state index in [1.807, 2.05) is 18.3 Å². The van der Waals surface area contributed by atoms with Crippen LogP contribution in [-0.2, 0) is 19.5 Å². The number of hydrogen-bond donors (Lipinski definition) is 1. The van der Waals surface area contributed by atoms with E-state index in [0.29, 0.717) is 0 Å². The molecule has 1 heterocycles. The Morgan fingerprint density at radius 3 is 2.25 bits per heavy atom. The van der Waals surface area contributed by atoms with Crippen LogP contribution in [0.5, 0.6) is 0 Å². The molecule has 4 heteroatoms. The molecular weight excluding hydrogens is 246 g/mol. The van der Waals surface area contributed by atoms with Crippen LogP contribution in [0.15, 0.2) is 36.5 Å². The van der Waals surface area contributed by atoms with Crippen LogP contribution in [0.1, 0.15) is 0 Å². The number of H-pyrrole nitrogens is 1. The summed E-state index contributed by atoms with van der Waals surface area (Å²) < 4.78 is 0. The zero-order valence-electron chi connectivity index (χ0n) is 6.43. The molecule has 1 aromatic carbocycles. The summed E-state index contributed by atoms with van der Waals surface area (Å²) in [5.41, 5.74) is 1.21. The van der Waals surface area contributed by atoms with Gasteiger partial charge in [0.25, 0.3) is 0 Å². The number of hydrogen-bond acceptors (Lipinski definition) is 0. The smallest absolute Gasteiger partial charge is 1.00 e. The first-order valence-corrected chi connectivity index (χ1v) is 2.99. The van der Waals surface area contributed by atoms with Gasteiger partial charge in [-0.3, -0.25) is 0 Å². The zero-order valence-corrected chi connectivity index (χ0v) is 10.9. The molecule has 0 saturated carbocycles. The zero-order chi connectivity index (χ0) is 6.10. The number of aromatic amines is 1. The summed E-state index contributed by atoms with van der Waals surface area (Å²) in [5, 5.41) is 1.28. The van der Waals surface area contributed by atoms with Crippen molar-refractivity contribution in [3.05, 3.63) is 36.5 Å². The van der Waals surface area contributed by atoms with Gasteiger partial charge in [-0.15, -0.1) is 0 Å². The molecule has 0 bridgehead atoms. The van der Waals surface area contributed by atoms with E-state index in [2.05, 4.69) is 23.2 Å². The minimum absolute atomic E-state index is 0. The van der Waals surface area contributed by atoms with Gasteiger partial charge in [0, 0.05) is 11.7 Å². The second-order valence-corrected chi connectivity index (χ2v) is 2.06. The first kappa shape index (κ1) is 14.5. The largest absolute Gasteiger partial charge is 2.00 e. The van der Waals surface area contributed by atoms with E-state index in [-0.39, 0.29) is 44.3 Å². The van der Waals surface area contributed by atoms with Crippen molar-refractivity contribution in [2.75, 3.05) is 0 Å². The molecule has 1 N–H and O–H groups in total. The fraction of sp³-hybridized carbons (Fsp3) is 0. The van der Waals surface area contributed by atoms with E-state index < -0.39 is 0 Å². The Kier molecular flexibility index (Phi) is 7.82. The maximum atomic E-state index is 3.12. The van der Waals surface area contributed by atoms with E-state index in [1.54, 1.807) is 0 Å². The molecule has 0 spiro atoms. The van der Waals surface area contributed by atoms with Gasteiger partial charge in [-0.25, -0.2) is 0 Å². The molecule has 2 aromatic rings. The molecule has 1 aromatic heterocycles. The summed E-state index contributed by atoms with van der Waals surface area (Å²) in [7, 11) is 0. The van der Waals surface area contributed by atoms with Crippen LogP contribution in [0.2, 0.25) is 0 Å². The minimum Gasteiger partial charge on any atom is -1.00 e. The van der Waals surface area contributed by atoms with Crippen LogP contribution in [0, 0.1) is 0 Å². The van der Waals surface area contributed by atoms with Gasteiger partial charge in [0.2, 0.25) is 0 Å². The predicted molar refractivity (Wildman–Crippen MR) is 38.3 cm³/mol. The van der Waals surface area contributed by atoms with Crippen molar-refractivity contribution < 1.29 is 44.3 Å². The average molecular weight is 253 g/mol. The van der Waals surface area contributed by atoms with E-state index >= 15 is 0 Å². The molecule has 1 nitrogen and oxygen atoms in total. The van der Waals surface area contributed by atoms with E-state index in [1.165, 1.54) is 10.9 Å². The second kappa shape index (κ2) is 6.48. The quantitative estimate of drug-likeness (QED) is 0.463. The molecule has 0 aliphatic heterocycles. The summed E-state index contributed by atoms with van der Waals surface area (Å²) in [5.74, 6) is 0. The van der Waals surface area contributed by atoms with Crippen LogP contribution in [0.3, 0.4) is 0 Å². The van der Waals surface area contributed by atoms with Gasteiger partial charge in [0.15, 0.2) is 0 Å². The third-order valence-corrected chi connectivity index (χ3v) is 1.46. The Morgan fingerprint density at radius 2 is 1.58 bits per heavy atom. The molecule has 0 atom stereocenters. The number of fused-ring (bicyclic) bond motifs is 1. The standard InChI is InChI=1S/C8H7N.2ClH.Zn/c1-2-4-8-7(3-1)5-6-9-8;;;/h1-6,9H;2*1H;/q;;;+2/p-2. The van der Waals surface area contributed by atoms with Crippen LogP contribution < -0.4 is 24.8 Å². The number of para-hydroxylation sites is 1. The fourth-order valence-electron chi connectivity index (χ4n) is 0.995. The van der Waals surface area contributed by atoms with Gasteiger partial charge < -0.3 is 29.8 Å². The molecular formula is C8H7Cl2NZn. The van der Waals surface area contributed by atoms with Crippen LogP contribution in [0.4, 0.5) is 0 Å². The first-order valence-electron chi connectivity index (χ1n) is 2.99. The summed E-state index contributed by atoms with van der Waals surface area (Å²) in [4.78, 5) is 3.12. The molecule has 0 unspecified atom stereocenters. The summed E-state index contributed by atoms with van der Waals surface area (Å²) in [6, 6.07) is 10.3. The van der Waals surface area contributed by atoms with Crippen molar-refractivity contribution in [3.8, 4) is 0 Å². The summed E-state index contributed by atoms with van der Waals surface area (Å²) >= 11 is 0. The Hall–Kier alpha value is -0.0366. The second-order valence-electron chi connectivity index (χ2n) is 2.06. The number of aromatic nitrogens is 1. The summed E-state index contributed by atoms with van der Waals surface area (Å²) in [6.45, 7) is 0. The number of rotatable bonds is 0.